The van der Waals surface area contributed by atoms with E-state index in [1.807, 2.05) is 0 Å². The summed E-state index contributed by atoms with van der Waals surface area (Å²) in [6.07, 6.45) is 1.65. The molecule has 26 heavy (non-hydrogen) atoms. The number of ether oxygens (including phenoxy) is 1. The fourth-order valence-corrected chi connectivity index (χ4v) is 3.10. The summed E-state index contributed by atoms with van der Waals surface area (Å²) in [6, 6.07) is 8.89. The largest absolute Gasteiger partial charge is 0.393 e. The Kier molecular flexibility index (Phi) is 8.88. The average Bonchev–Trinajstić information content (AvgIpc) is 2.63. The Morgan fingerprint density at radius 1 is 1.27 bits per heavy atom. The van der Waals surface area contributed by atoms with Crippen LogP contribution in [0.25, 0.3) is 0 Å². The van der Waals surface area contributed by atoms with Crippen molar-refractivity contribution < 1.29 is 9.84 Å². The van der Waals surface area contributed by atoms with Crippen LogP contribution in [0.5, 0.6) is 0 Å². The van der Waals surface area contributed by atoms with Crippen molar-refractivity contribution in [3.05, 3.63) is 35.4 Å². The van der Waals surface area contributed by atoms with E-state index in [-0.39, 0.29) is 12.1 Å². The predicted molar refractivity (Wildman–Crippen MR) is 106 cm³/mol. The van der Waals surface area contributed by atoms with Gasteiger partial charge in [0.05, 0.1) is 19.3 Å². The molecule has 1 saturated heterocycles. The number of likely N-dealkylation sites (tertiary alicyclic amines) is 1. The Balaban J connectivity index is 1.86. The molecule has 1 aromatic carbocycles. The van der Waals surface area contributed by atoms with Crippen LogP contribution in [0.4, 0.5) is 0 Å². The van der Waals surface area contributed by atoms with Crippen LogP contribution in [0.3, 0.4) is 0 Å². The Morgan fingerprint density at radius 3 is 2.54 bits per heavy atom. The minimum atomic E-state index is -0.113. The molecular formula is C20H34N4O2. The molecule has 0 aromatic heterocycles. The summed E-state index contributed by atoms with van der Waals surface area (Å²) < 4.78 is 5.16. The quantitative estimate of drug-likeness (QED) is 0.485. The molecule has 0 aliphatic carbocycles. The third kappa shape index (κ3) is 7.32. The number of hydrogen-bond donors (Lipinski definition) is 3. The second-order valence-electron chi connectivity index (χ2n) is 7.02. The van der Waals surface area contributed by atoms with Crippen molar-refractivity contribution in [2.45, 2.75) is 51.9 Å². The molecule has 0 spiro atoms. The van der Waals surface area contributed by atoms with Crippen LogP contribution < -0.4 is 10.6 Å². The molecule has 1 atom stereocenters. The fraction of sp³-hybridized carbons (Fsp3) is 0.650. The van der Waals surface area contributed by atoms with Crippen molar-refractivity contribution in [1.29, 1.82) is 0 Å². The minimum Gasteiger partial charge on any atom is -0.393 e. The van der Waals surface area contributed by atoms with Gasteiger partial charge in [0.1, 0.15) is 0 Å². The predicted octanol–water partition coefficient (Wildman–Crippen LogP) is 1.73. The molecule has 3 N–H and O–H groups in total. The van der Waals surface area contributed by atoms with Gasteiger partial charge in [0, 0.05) is 39.3 Å². The van der Waals surface area contributed by atoms with Gasteiger partial charge in [-0.1, -0.05) is 24.3 Å². The third-order valence-corrected chi connectivity index (χ3v) is 4.55. The van der Waals surface area contributed by atoms with Gasteiger partial charge in [-0.3, -0.25) is 4.90 Å². The number of benzene rings is 1. The van der Waals surface area contributed by atoms with Gasteiger partial charge in [-0.25, -0.2) is 4.99 Å². The lowest BCUT2D eigenvalue weighted by Crippen LogP contribution is -2.43. The maximum Gasteiger partial charge on any atom is 0.191 e. The summed E-state index contributed by atoms with van der Waals surface area (Å²) in [5.74, 6) is 0.813. The molecular weight excluding hydrogens is 328 g/mol. The summed E-state index contributed by atoms with van der Waals surface area (Å²) >= 11 is 0. The Hall–Kier alpha value is -1.63. The number of methoxy groups -OCH3 is 1. The zero-order valence-electron chi connectivity index (χ0n) is 16.4. The number of hydrogen-bond acceptors (Lipinski definition) is 4. The highest BCUT2D eigenvalue weighted by atomic mass is 16.5. The second-order valence-corrected chi connectivity index (χ2v) is 7.02. The zero-order chi connectivity index (χ0) is 18.8. The standard InChI is InChI=1S/C20H34N4O2/c1-4-21-20(23-16(2)15-26-3)22-13-17-5-7-18(8-6-17)14-24-11-9-19(25)10-12-24/h5-8,16,19,25H,4,9-15H2,1-3H3,(H2,21,22,23). The molecule has 0 saturated carbocycles. The van der Waals surface area contributed by atoms with Crippen molar-refractivity contribution >= 4 is 5.96 Å². The SMILES string of the molecule is CCNC(=NCc1ccc(CN2CCC(O)CC2)cc1)NC(C)COC. The average molecular weight is 363 g/mol. The lowest BCUT2D eigenvalue weighted by Gasteiger charge is -2.29. The number of aliphatic hydroxyl groups is 1. The Labute approximate surface area is 157 Å². The fourth-order valence-electron chi connectivity index (χ4n) is 3.10. The zero-order valence-corrected chi connectivity index (χ0v) is 16.4. The molecule has 1 fully saturated rings. The number of nitrogens with zero attached hydrogens (tertiary/aromatic N) is 2. The minimum absolute atomic E-state index is 0.113. The van der Waals surface area contributed by atoms with Gasteiger partial charge in [0.25, 0.3) is 0 Å². The van der Waals surface area contributed by atoms with Gasteiger partial charge >= 0.3 is 0 Å². The first-order chi connectivity index (χ1) is 12.6. The van der Waals surface area contributed by atoms with Crippen molar-refractivity contribution in [3.8, 4) is 0 Å². The summed E-state index contributed by atoms with van der Waals surface area (Å²) in [7, 11) is 1.70. The van der Waals surface area contributed by atoms with Gasteiger partial charge in [-0.05, 0) is 37.8 Å². The van der Waals surface area contributed by atoms with E-state index in [4.69, 9.17) is 4.74 Å². The molecule has 6 nitrogen and oxygen atoms in total. The molecule has 1 unspecified atom stereocenters. The second kappa shape index (κ2) is 11.2. The van der Waals surface area contributed by atoms with Crippen molar-refractivity contribution in [2.75, 3.05) is 33.4 Å². The van der Waals surface area contributed by atoms with E-state index in [1.54, 1.807) is 7.11 Å². The number of nitrogens with one attached hydrogen (secondary N) is 2. The molecule has 1 aliphatic heterocycles. The molecule has 1 heterocycles. The van der Waals surface area contributed by atoms with Crippen LogP contribution in [0.15, 0.2) is 29.3 Å². The summed E-state index contributed by atoms with van der Waals surface area (Å²) in [5, 5.41) is 16.2. The molecule has 0 amide bonds. The topological polar surface area (TPSA) is 69.1 Å². The first kappa shape index (κ1) is 20.7. The number of aliphatic imine (C=N–C) groups is 1. The number of rotatable bonds is 8. The molecule has 0 radical (unpaired) electrons. The van der Waals surface area contributed by atoms with E-state index in [1.165, 1.54) is 11.1 Å². The van der Waals surface area contributed by atoms with E-state index in [0.29, 0.717) is 13.2 Å². The van der Waals surface area contributed by atoms with Crippen LogP contribution in [-0.4, -0.2) is 61.5 Å². The first-order valence-corrected chi connectivity index (χ1v) is 9.62. The number of guanidine groups is 1. The lowest BCUT2D eigenvalue weighted by molar-refractivity contribution is 0.0792. The highest BCUT2D eigenvalue weighted by Crippen LogP contribution is 2.14. The highest BCUT2D eigenvalue weighted by molar-refractivity contribution is 5.80. The summed E-state index contributed by atoms with van der Waals surface area (Å²) in [5.41, 5.74) is 2.51. The van der Waals surface area contributed by atoms with Crippen LogP contribution in [-0.2, 0) is 17.8 Å². The first-order valence-electron chi connectivity index (χ1n) is 9.62. The van der Waals surface area contributed by atoms with Crippen molar-refractivity contribution in [2.24, 2.45) is 4.99 Å². The van der Waals surface area contributed by atoms with Gasteiger partial charge in [0.15, 0.2) is 5.96 Å². The van der Waals surface area contributed by atoms with Crippen LogP contribution in [0.1, 0.15) is 37.8 Å². The van der Waals surface area contributed by atoms with Crippen LogP contribution in [0, 0.1) is 0 Å². The monoisotopic (exact) mass is 362 g/mol. The molecule has 1 aliphatic rings. The number of aliphatic hydroxyl groups excluding tert-OH is 1. The molecule has 2 rings (SSSR count). The van der Waals surface area contributed by atoms with Crippen molar-refractivity contribution in [1.82, 2.24) is 15.5 Å². The van der Waals surface area contributed by atoms with Crippen LogP contribution >= 0.6 is 0 Å². The van der Waals surface area contributed by atoms with E-state index in [9.17, 15) is 5.11 Å². The lowest BCUT2D eigenvalue weighted by atomic mass is 10.1. The third-order valence-electron chi connectivity index (χ3n) is 4.55. The van der Waals surface area contributed by atoms with Gasteiger partial charge in [-0.15, -0.1) is 0 Å². The van der Waals surface area contributed by atoms with E-state index in [0.717, 1.165) is 45.0 Å². The Bertz CT molecular complexity index is 539. The normalized spacial score (nSPS) is 17.9. The molecule has 6 heteroatoms. The van der Waals surface area contributed by atoms with E-state index < -0.39 is 0 Å². The maximum absolute atomic E-state index is 9.60. The molecule has 1 aromatic rings. The van der Waals surface area contributed by atoms with Gasteiger partial charge in [-0.2, -0.15) is 0 Å². The van der Waals surface area contributed by atoms with Crippen molar-refractivity contribution in [3.63, 3.8) is 0 Å². The van der Waals surface area contributed by atoms with Gasteiger partial charge in [0.2, 0.25) is 0 Å². The summed E-state index contributed by atoms with van der Waals surface area (Å²) in [4.78, 5) is 7.07. The molecule has 146 valence electrons. The van der Waals surface area contributed by atoms with E-state index >= 15 is 0 Å². The van der Waals surface area contributed by atoms with E-state index in [2.05, 4.69) is 58.6 Å². The number of piperidine rings is 1. The van der Waals surface area contributed by atoms with Crippen LogP contribution in [0.2, 0.25) is 0 Å². The smallest absolute Gasteiger partial charge is 0.191 e. The molecule has 0 bridgehead atoms. The summed E-state index contributed by atoms with van der Waals surface area (Å²) in [6.45, 7) is 9.16. The van der Waals surface area contributed by atoms with Gasteiger partial charge < -0.3 is 20.5 Å². The highest BCUT2D eigenvalue weighted by Gasteiger charge is 2.16. The Morgan fingerprint density at radius 2 is 1.92 bits per heavy atom. The maximum atomic E-state index is 9.60.